The quantitative estimate of drug-likeness (QED) is 0.887. The second-order valence-corrected chi connectivity index (χ2v) is 5.64. The summed E-state index contributed by atoms with van der Waals surface area (Å²) >= 11 is 0. The second kappa shape index (κ2) is 7.52. The van der Waals surface area contributed by atoms with E-state index >= 15 is 0 Å². The van der Waals surface area contributed by atoms with E-state index in [0.29, 0.717) is 11.7 Å². The first-order valence-electron chi connectivity index (χ1n) is 7.82. The Morgan fingerprint density at radius 1 is 1.38 bits per heavy atom. The molecular weight excluding hydrogens is 264 g/mol. The lowest BCUT2D eigenvalue weighted by atomic mass is 10.1. The Bertz CT molecular complexity index is 469. The smallest absolute Gasteiger partial charge is 0.272 e. The third-order valence-electron chi connectivity index (χ3n) is 4.30. The third kappa shape index (κ3) is 3.80. The number of nitrogens with two attached hydrogens (primary N) is 1. The summed E-state index contributed by atoms with van der Waals surface area (Å²) in [6.07, 6.45) is 3.83. The van der Waals surface area contributed by atoms with Crippen LogP contribution in [0.5, 0.6) is 0 Å². The summed E-state index contributed by atoms with van der Waals surface area (Å²) in [4.78, 5) is 21.1. The zero-order chi connectivity index (χ0) is 15.2. The van der Waals surface area contributed by atoms with Gasteiger partial charge in [0, 0.05) is 38.4 Å². The van der Waals surface area contributed by atoms with Crippen molar-refractivity contribution in [2.45, 2.75) is 32.7 Å². The van der Waals surface area contributed by atoms with Crippen LogP contribution in [0.2, 0.25) is 0 Å². The lowest BCUT2D eigenvalue weighted by molar-refractivity contribution is 0.0551. The maximum atomic E-state index is 12.5. The fourth-order valence-electron chi connectivity index (χ4n) is 2.99. The van der Waals surface area contributed by atoms with E-state index in [2.05, 4.69) is 16.8 Å². The van der Waals surface area contributed by atoms with Gasteiger partial charge in [0.1, 0.15) is 5.69 Å². The van der Waals surface area contributed by atoms with Crippen LogP contribution in [-0.2, 0) is 0 Å². The standard InChI is InChI=1S/C16H26N4O/c1-3-14(6-7-17)19-9-11-20(12-10-19)16(21)15-13(2)5-4-8-18-15/h4-5,8,14H,3,6-7,9-12,17H2,1-2H3. The van der Waals surface area contributed by atoms with Crippen LogP contribution in [0.1, 0.15) is 35.8 Å². The molecule has 1 aliphatic rings. The number of nitrogens with zero attached hydrogens (tertiary/aromatic N) is 3. The molecule has 2 rings (SSSR count). The van der Waals surface area contributed by atoms with E-state index < -0.39 is 0 Å². The van der Waals surface area contributed by atoms with E-state index in [1.165, 1.54) is 0 Å². The fourth-order valence-corrected chi connectivity index (χ4v) is 2.99. The summed E-state index contributed by atoms with van der Waals surface area (Å²) in [6, 6.07) is 4.34. The molecule has 5 nitrogen and oxygen atoms in total. The van der Waals surface area contributed by atoms with Crippen LogP contribution in [0, 0.1) is 6.92 Å². The van der Waals surface area contributed by atoms with E-state index in [4.69, 9.17) is 5.73 Å². The highest BCUT2D eigenvalue weighted by molar-refractivity contribution is 5.93. The largest absolute Gasteiger partial charge is 0.335 e. The Balaban J connectivity index is 1.95. The van der Waals surface area contributed by atoms with Crippen molar-refractivity contribution in [1.82, 2.24) is 14.8 Å². The van der Waals surface area contributed by atoms with Gasteiger partial charge in [0.15, 0.2) is 0 Å². The van der Waals surface area contributed by atoms with Crippen LogP contribution in [0.25, 0.3) is 0 Å². The molecule has 1 aromatic rings. The molecule has 0 saturated carbocycles. The van der Waals surface area contributed by atoms with Crippen LogP contribution in [0.15, 0.2) is 18.3 Å². The predicted molar refractivity (Wildman–Crippen MR) is 84.2 cm³/mol. The maximum absolute atomic E-state index is 12.5. The van der Waals surface area contributed by atoms with Crippen molar-refractivity contribution in [3.8, 4) is 0 Å². The molecule has 21 heavy (non-hydrogen) atoms. The average molecular weight is 290 g/mol. The lowest BCUT2D eigenvalue weighted by Crippen LogP contribution is -2.52. The van der Waals surface area contributed by atoms with E-state index in [0.717, 1.165) is 51.1 Å². The van der Waals surface area contributed by atoms with Gasteiger partial charge in [0.05, 0.1) is 0 Å². The molecule has 116 valence electrons. The summed E-state index contributed by atoms with van der Waals surface area (Å²) in [6.45, 7) is 8.27. The highest BCUT2D eigenvalue weighted by atomic mass is 16.2. The number of hydrogen-bond acceptors (Lipinski definition) is 4. The molecule has 1 aliphatic heterocycles. The van der Waals surface area contributed by atoms with Crippen LogP contribution < -0.4 is 5.73 Å². The molecule has 2 N–H and O–H groups in total. The summed E-state index contributed by atoms with van der Waals surface area (Å²) in [5.74, 6) is 0.0552. The van der Waals surface area contributed by atoms with Crippen molar-refractivity contribution in [2.75, 3.05) is 32.7 Å². The summed E-state index contributed by atoms with van der Waals surface area (Å²) in [7, 11) is 0. The minimum atomic E-state index is 0.0552. The number of hydrogen-bond donors (Lipinski definition) is 1. The molecule has 1 atom stereocenters. The highest BCUT2D eigenvalue weighted by Crippen LogP contribution is 2.14. The maximum Gasteiger partial charge on any atom is 0.272 e. The van der Waals surface area contributed by atoms with Gasteiger partial charge in [0.25, 0.3) is 5.91 Å². The van der Waals surface area contributed by atoms with Crippen molar-refractivity contribution in [3.63, 3.8) is 0 Å². The van der Waals surface area contributed by atoms with E-state index in [1.807, 2.05) is 24.0 Å². The van der Waals surface area contributed by atoms with Crippen molar-refractivity contribution in [1.29, 1.82) is 0 Å². The van der Waals surface area contributed by atoms with Gasteiger partial charge in [-0.1, -0.05) is 13.0 Å². The summed E-state index contributed by atoms with van der Waals surface area (Å²) < 4.78 is 0. The van der Waals surface area contributed by atoms with Crippen LogP contribution in [0.3, 0.4) is 0 Å². The Labute approximate surface area is 127 Å². The molecule has 0 aliphatic carbocycles. The monoisotopic (exact) mass is 290 g/mol. The minimum absolute atomic E-state index is 0.0552. The van der Waals surface area contributed by atoms with Crippen molar-refractivity contribution < 1.29 is 4.79 Å². The highest BCUT2D eigenvalue weighted by Gasteiger charge is 2.26. The van der Waals surface area contributed by atoms with Gasteiger partial charge >= 0.3 is 0 Å². The predicted octanol–water partition coefficient (Wildman–Crippen LogP) is 1.28. The van der Waals surface area contributed by atoms with Gasteiger partial charge < -0.3 is 10.6 Å². The Kier molecular flexibility index (Phi) is 5.70. The molecule has 2 heterocycles. The number of pyridine rings is 1. The van der Waals surface area contributed by atoms with Crippen LogP contribution in [0.4, 0.5) is 0 Å². The molecule has 1 fully saturated rings. The molecule has 0 spiro atoms. The number of carbonyl (C=O) groups is 1. The topological polar surface area (TPSA) is 62.5 Å². The van der Waals surface area contributed by atoms with Gasteiger partial charge in [-0.05, 0) is 37.9 Å². The number of carbonyl (C=O) groups excluding carboxylic acids is 1. The van der Waals surface area contributed by atoms with Gasteiger partial charge in [-0.15, -0.1) is 0 Å². The molecule has 0 radical (unpaired) electrons. The Morgan fingerprint density at radius 3 is 2.67 bits per heavy atom. The Hall–Kier alpha value is -1.46. The zero-order valence-electron chi connectivity index (χ0n) is 13.1. The molecule has 5 heteroatoms. The second-order valence-electron chi connectivity index (χ2n) is 5.64. The Morgan fingerprint density at radius 2 is 2.10 bits per heavy atom. The number of aryl methyl sites for hydroxylation is 1. The first-order valence-corrected chi connectivity index (χ1v) is 7.82. The summed E-state index contributed by atoms with van der Waals surface area (Å²) in [5.41, 5.74) is 7.21. The van der Waals surface area contributed by atoms with Crippen molar-refractivity contribution in [2.24, 2.45) is 5.73 Å². The third-order valence-corrected chi connectivity index (χ3v) is 4.30. The van der Waals surface area contributed by atoms with Crippen LogP contribution >= 0.6 is 0 Å². The fraction of sp³-hybridized carbons (Fsp3) is 0.625. The molecule has 1 saturated heterocycles. The van der Waals surface area contributed by atoms with Crippen molar-refractivity contribution >= 4 is 5.91 Å². The van der Waals surface area contributed by atoms with Gasteiger partial charge in [-0.2, -0.15) is 0 Å². The normalized spacial score (nSPS) is 17.8. The lowest BCUT2D eigenvalue weighted by Gasteiger charge is -2.39. The first kappa shape index (κ1) is 15.9. The van der Waals surface area contributed by atoms with E-state index in [-0.39, 0.29) is 5.91 Å². The van der Waals surface area contributed by atoms with Crippen LogP contribution in [-0.4, -0.2) is 59.5 Å². The molecule has 1 unspecified atom stereocenters. The number of rotatable bonds is 5. The molecule has 1 aromatic heterocycles. The minimum Gasteiger partial charge on any atom is -0.335 e. The molecule has 0 aromatic carbocycles. The van der Waals surface area contributed by atoms with Gasteiger partial charge in [-0.25, -0.2) is 0 Å². The number of amides is 1. The molecule has 0 bridgehead atoms. The zero-order valence-corrected chi connectivity index (χ0v) is 13.1. The van der Waals surface area contributed by atoms with Gasteiger partial charge in [-0.3, -0.25) is 14.7 Å². The number of piperazine rings is 1. The van der Waals surface area contributed by atoms with E-state index in [9.17, 15) is 4.79 Å². The average Bonchev–Trinajstić information content (AvgIpc) is 2.52. The molecular formula is C16H26N4O. The molecule has 1 amide bonds. The SMILES string of the molecule is CCC(CCN)N1CCN(C(=O)c2ncccc2C)CC1. The van der Waals surface area contributed by atoms with E-state index in [1.54, 1.807) is 6.20 Å². The van der Waals surface area contributed by atoms with Gasteiger partial charge in [0.2, 0.25) is 0 Å². The summed E-state index contributed by atoms with van der Waals surface area (Å²) in [5, 5.41) is 0. The first-order chi connectivity index (χ1) is 10.2. The van der Waals surface area contributed by atoms with Crippen molar-refractivity contribution in [3.05, 3.63) is 29.6 Å². The number of aromatic nitrogens is 1.